The number of benzene rings is 1. The van der Waals surface area contributed by atoms with Crippen LogP contribution in [0.4, 0.5) is 0 Å². The van der Waals surface area contributed by atoms with Crippen LogP contribution in [-0.2, 0) is 18.2 Å². The summed E-state index contributed by atoms with van der Waals surface area (Å²) in [6.07, 6.45) is 0.381. The highest BCUT2D eigenvalue weighted by atomic mass is 79.9. The number of aromatic nitrogens is 2. The molecule has 1 heterocycles. The van der Waals surface area contributed by atoms with E-state index in [4.69, 9.17) is 4.74 Å². The second kappa shape index (κ2) is 5.66. The van der Waals surface area contributed by atoms with Crippen LogP contribution in [0.5, 0.6) is 0 Å². The normalized spacial score (nSPS) is 10.6. The van der Waals surface area contributed by atoms with Crippen molar-refractivity contribution >= 4 is 21.9 Å². The number of methoxy groups -OCH3 is 1. The predicted molar refractivity (Wildman–Crippen MR) is 79.1 cm³/mol. The third kappa shape index (κ3) is 2.70. The number of esters is 1. The van der Waals surface area contributed by atoms with E-state index in [2.05, 4.69) is 21.0 Å². The van der Waals surface area contributed by atoms with Crippen LogP contribution < -0.4 is 5.56 Å². The third-order valence-electron chi connectivity index (χ3n) is 3.19. The smallest absolute Gasteiger partial charge is 0.338 e. The first-order chi connectivity index (χ1) is 9.43. The number of carbonyl (C=O) groups is 1. The Hall–Kier alpha value is -1.82. The Labute approximate surface area is 124 Å². The molecule has 106 valence electrons. The maximum Gasteiger partial charge on any atom is 0.338 e. The number of H-pyrrole nitrogens is 1. The Morgan fingerprint density at radius 3 is 2.70 bits per heavy atom. The fraction of sp³-hybridized carbons (Fsp3) is 0.286. The fourth-order valence-electron chi connectivity index (χ4n) is 2.15. The zero-order chi connectivity index (χ0) is 14.9. The molecule has 0 unspecified atom stereocenters. The lowest BCUT2D eigenvalue weighted by Gasteiger charge is -2.08. The van der Waals surface area contributed by atoms with Crippen LogP contribution in [0, 0.1) is 6.92 Å². The Morgan fingerprint density at radius 1 is 1.45 bits per heavy atom. The van der Waals surface area contributed by atoms with E-state index in [-0.39, 0.29) is 5.56 Å². The zero-order valence-corrected chi connectivity index (χ0v) is 13.1. The van der Waals surface area contributed by atoms with Gasteiger partial charge in [-0.3, -0.25) is 14.6 Å². The molecule has 0 aliphatic rings. The topological polar surface area (TPSA) is 64.1 Å². The summed E-state index contributed by atoms with van der Waals surface area (Å²) in [4.78, 5) is 23.8. The molecular formula is C14H15BrN2O3. The summed E-state index contributed by atoms with van der Waals surface area (Å²) >= 11 is 3.38. The van der Waals surface area contributed by atoms with Gasteiger partial charge in [-0.05, 0) is 30.7 Å². The summed E-state index contributed by atoms with van der Waals surface area (Å²) < 4.78 is 7.06. The van der Waals surface area contributed by atoms with Crippen molar-refractivity contribution in [2.24, 2.45) is 7.05 Å². The molecule has 0 radical (unpaired) electrons. The lowest BCUT2D eigenvalue weighted by Crippen LogP contribution is -2.16. The van der Waals surface area contributed by atoms with E-state index in [1.165, 1.54) is 11.8 Å². The molecule has 0 amide bonds. The summed E-state index contributed by atoms with van der Waals surface area (Å²) in [6, 6.07) is 5.30. The zero-order valence-electron chi connectivity index (χ0n) is 11.5. The van der Waals surface area contributed by atoms with Gasteiger partial charge in [0.2, 0.25) is 0 Å². The van der Waals surface area contributed by atoms with Crippen molar-refractivity contribution in [2.45, 2.75) is 13.3 Å². The van der Waals surface area contributed by atoms with Gasteiger partial charge >= 0.3 is 5.97 Å². The summed E-state index contributed by atoms with van der Waals surface area (Å²) in [5, 5.41) is 2.95. The molecule has 2 rings (SSSR count). The van der Waals surface area contributed by atoms with Gasteiger partial charge in [-0.25, -0.2) is 4.79 Å². The first kappa shape index (κ1) is 14.6. The van der Waals surface area contributed by atoms with Crippen LogP contribution in [0.15, 0.2) is 27.5 Å². The van der Waals surface area contributed by atoms with Crippen molar-refractivity contribution in [3.05, 3.63) is 55.4 Å². The molecule has 0 aliphatic carbocycles. The maximum absolute atomic E-state index is 12.0. The van der Waals surface area contributed by atoms with Crippen LogP contribution in [0.1, 0.15) is 27.2 Å². The van der Waals surface area contributed by atoms with Crippen molar-refractivity contribution in [3.63, 3.8) is 0 Å². The highest BCUT2D eigenvalue weighted by Gasteiger charge is 2.16. The number of nitrogens with zero attached hydrogens (tertiary/aromatic N) is 1. The van der Waals surface area contributed by atoms with Crippen LogP contribution >= 0.6 is 15.9 Å². The Morgan fingerprint density at radius 2 is 2.15 bits per heavy atom. The van der Waals surface area contributed by atoms with Crippen molar-refractivity contribution in [1.29, 1.82) is 0 Å². The Kier molecular flexibility index (Phi) is 4.13. The number of ether oxygens (including phenoxy) is 1. The molecule has 0 saturated carbocycles. The van der Waals surface area contributed by atoms with E-state index in [1.807, 2.05) is 13.0 Å². The molecule has 0 fully saturated rings. The minimum atomic E-state index is -0.405. The Bertz CT molecular complexity index is 716. The third-order valence-corrected chi connectivity index (χ3v) is 3.68. The fourth-order valence-corrected chi connectivity index (χ4v) is 2.56. The van der Waals surface area contributed by atoms with Gasteiger partial charge in [0.05, 0.1) is 12.7 Å². The highest BCUT2D eigenvalue weighted by Crippen LogP contribution is 2.20. The number of nitrogens with one attached hydrogen (secondary N) is 1. The monoisotopic (exact) mass is 338 g/mol. The number of carbonyl (C=O) groups excluding carboxylic acids is 1. The average Bonchev–Trinajstić information content (AvgIpc) is 2.65. The molecular weight excluding hydrogens is 324 g/mol. The standard InChI is InChI=1S/C14H15BrN2O3/c1-8-12(13(18)17(2)16-8)7-9-6-10(15)4-5-11(9)14(19)20-3/h4-6,16H,7H2,1-3H3. The lowest BCUT2D eigenvalue weighted by atomic mass is 10.0. The second-order valence-electron chi connectivity index (χ2n) is 4.55. The highest BCUT2D eigenvalue weighted by molar-refractivity contribution is 9.10. The van der Waals surface area contributed by atoms with Gasteiger partial charge in [0.1, 0.15) is 0 Å². The minimum absolute atomic E-state index is 0.0849. The molecule has 0 spiro atoms. The molecule has 1 aromatic carbocycles. The molecule has 1 aromatic heterocycles. The number of hydrogen-bond acceptors (Lipinski definition) is 3. The van der Waals surface area contributed by atoms with Gasteiger partial charge in [0.15, 0.2) is 0 Å². The summed E-state index contributed by atoms with van der Waals surface area (Å²) in [5.74, 6) is -0.405. The van der Waals surface area contributed by atoms with Gasteiger partial charge in [-0.15, -0.1) is 0 Å². The molecule has 0 atom stereocenters. The minimum Gasteiger partial charge on any atom is -0.465 e. The lowest BCUT2D eigenvalue weighted by molar-refractivity contribution is 0.0599. The number of hydrogen-bond donors (Lipinski definition) is 1. The van der Waals surface area contributed by atoms with E-state index >= 15 is 0 Å². The summed E-state index contributed by atoms with van der Waals surface area (Å²) in [5.41, 5.74) is 2.59. The van der Waals surface area contributed by atoms with E-state index in [9.17, 15) is 9.59 Å². The van der Waals surface area contributed by atoms with Gasteiger partial charge in [-0.1, -0.05) is 15.9 Å². The molecule has 0 saturated heterocycles. The number of halogens is 1. The first-order valence-corrected chi connectivity index (χ1v) is 6.84. The van der Waals surface area contributed by atoms with Crippen LogP contribution in [0.25, 0.3) is 0 Å². The molecule has 6 heteroatoms. The molecule has 0 aliphatic heterocycles. The number of aromatic amines is 1. The summed E-state index contributed by atoms with van der Waals surface area (Å²) in [6.45, 7) is 1.84. The first-order valence-electron chi connectivity index (χ1n) is 6.05. The molecule has 0 bridgehead atoms. The maximum atomic E-state index is 12.0. The molecule has 2 aromatic rings. The van der Waals surface area contributed by atoms with E-state index < -0.39 is 5.97 Å². The van der Waals surface area contributed by atoms with Crippen molar-refractivity contribution in [3.8, 4) is 0 Å². The van der Waals surface area contributed by atoms with E-state index in [0.29, 0.717) is 17.5 Å². The average molecular weight is 339 g/mol. The van der Waals surface area contributed by atoms with Gasteiger partial charge in [-0.2, -0.15) is 0 Å². The van der Waals surface area contributed by atoms with Gasteiger partial charge < -0.3 is 4.74 Å². The van der Waals surface area contributed by atoms with Crippen molar-refractivity contribution in [2.75, 3.05) is 7.11 Å². The Balaban J connectivity index is 2.50. The van der Waals surface area contributed by atoms with E-state index in [1.54, 1.807) is 19.2 Å². The molecule has 20 heavy (non-hydrogen) atoms. The second-order valence-corrected chi connectivity index (χ2v) is 5.47. The van der Waals surface area contributed by atoms with Crippen LogP contribution in [0.3, 0.4) is 0 Å². The molecule has 1 N–H and O–H groups in total. The largest absolute Gasteiger partial charge is 0.465 e. The predicted octanol–water partition coefficient (Wildman–Crippen LogP) is 2.16. The van der Waals surface area contributed by atoms with Gasteiger partial charge in [0.25, 0.3) is 5.56 Å². The van der Waals surface area contributed by atoms with Crippen molar-refractivity contribution in [1.82, 2.24) is 9.78 Å². The van der Waals surface area contributed by atoms with Gasteiger partial charge in [0, 0.05) is 29.2 Å². The van der Waals surface area contributed by atoms with Crippen molar-refractivity contribution < 1.29 is 9.53 Å². The quantitative estimate of drug-likeness (QED) is 0.872. The number of aryl methyl sites for hydroxylation is 2. The van der Waals surface area contributed by atoms with Crippen LogP contribution in [-0.4, -0.2) is 22.9 Å². The van der Waals surface area contributed by atoms with E-state index in [0.717, 1.165) is 15.7 Å². The number of rotatable bonds is 3. The summed E-state index contributed by atoms with van der Waals surface area (Å²) in [7, 11) is 3.01. The van der Waals surface area contributed by atoms with Crippen LogP contribution in [0.2, 0.25) is 0 Å². The molecule has 5 nitrogen and oxygen atoms in total. The SMILES string of the molecule is COC(=O)c1ccc(Br)cc1Cc1c(C)[nH]n(C)c1=O.